The minimum absolute atomic E-state index is 0.0347. The van der Waals surface area contributed by atoms with Crippen LogP contribution in [0.5, 0.6) is 0 Å². The fourth-order valence-corrected chi connectivity index (χ4v) is 1.22. The molecule has 0 atom stereocenters. The maximum absolute atomic E-state index is 10.6. The first-order valence-electron chi connectivity index (χ1n) is 3.19. The van der Waals surface area contributed by atoms with Gasteiger partial charge in [-0.25, -0.2) is 4.79 Å². The molecule has 64 valence electrons. The van der Waals surface area contributed by atoms with Gasteiger partial charge in [-0.1, -0.05) is 11.6 Å². The molecule has 0 saturated carbocycles. The lowest BCUT2D eigenvalue weighted by Crippen LogP contribution is -2.02. The number of H-pyrrole nitrogens is 1. The van der Waals surface area contributed by atoms with Crippen molar-refractivity contribution in [1.82, 2.24) is 4.98 Å². The lowest BCUT2D eigenvalue weighted by atomic mass is 10.2. The molecule has 4 nitrogen and oxygen atoms in total. The number of hydrogen-bond acceptors (Lipinski definition) is 2. The molecule has 0 radical (unpaired) electrons. The van der Waals surface area contributed by atoms with E-state index in [1.165, 1.54) is 6.20 Å². The van der Waals surface area contributed by atoms with E-state index in [1.807, 2.05) is 0 Å². The van der Waals surface area contributed by atoms with Crippen molar-refractivity contribution in [2.75, 3.05) is 0 Å². The molecule has 0 unspecified atom stereocenters. The lowest BCUT2D eigenvalue weighted by molar-refractivity contribution is 0.0697. The van der Waals surface area contributed by atoms with Crippen molar-refractivity contribution in [3.8, 4) is 0 Å². The minimum atomic E-state index is -1.08. The van der Waals surface area contributed by atoms with Gasteiger partial charge in [0.15, 0.2) is 0 Å². The van der Waals surface area contributed by atoms with Gasteiger partial charge in [-0.15, -0.1) is 0 Å². The Morgan fingerprint density at radius 2 is 2.33 bits per heavy atom. The molecule has 0 saturated heterocycles. The Morgan fingerprint density at radius 3 is 2.67 bits per heavy atom. The topological polar surface area (TPSA) is 76.9 Å². The van der Waals surface area contributed by atoms with Crippen LogP contribution in [0, 0.1) is 12.3 Å². The molecule has 0 aliphatic rings. The first-order chi connectivity index (χ1) is 5.54. The SMILES string of the molecule is Cc1[nH]cc(C(=O)O)c1C(=N)Cl. The van der Waals surface area contributed by atoms with E-state index in [0.29, 0.717) is 5.69 Å². The van der Waals surface area contributed by atoms with E-state index in [-0.39, 0.29) is 16.3 Å². The highest BCUT2D eigenvalue weighted by Crippen LogP contribution is 2.15. The number of carbonyl (C=O) groups is 1. The van der Waals surface area contributed by atoms with E-state index >= 15 is 0 Å². The van der Waals surface area contributed by atoms with E-state index in [9.17, 15) is 4.79 Å². The number of aromatic nitrogens is 1. The van der Waals surface area contributed by atoms with Crippen LogP contribution in [-0.2, 0) is 0 Å². The number of aromatic amines is 1. The molecule has 0 aliphatic heterocycles. The summed E-state index contributed by atoms with van der Waals surface area (Å²) in [7, 11) is 0. The maximum atomic E-state index is 10.6. The molecule has 3 N–H and O–H groups in total. The number of carboxylic acids is 1. The van der Waals surface area contributed by atoms with Gasteiger partial charge in [0.25, 0.3) is 0 Å². The Morgan fingerprint density at radius 1 is 1.75 bits per heavy atom. The van der Waals surface area contributed by atoms with Crippen LogP contribution in [-0.4, -0.2) is 21.2 Å². The van der Waals surface area contributed by atoms with Crippen molar-refractivity contribution in [1.29, 1.82) is 5.41 Å². The number of rotatable bonds is 2. The molecule has 5 heteroatoms. The zero-order chi connectivity index (χ0) is 9.30. The number of aryl methyl sites for hydroxylation is 1. The van der Waals surface area contributed by atoms with E-state index < -0.39 is 5.97 Å². The van der Waals surface area contributed by atoms with Gasteiger partial charge in [-0.3, -0.25) is 5.41 Å². The maximum Gasteiger partial charge on any atom is 0.337 e. The van der Waals surface area contributed by atoms with E-state index in [4.69, 9.17) is 22.1 Å². The average Bonchev–Trinajstić information content (AvgIpc) is 2.30. The molecule has 0 aliphatic carbocycles. The summed E-state index contributed by atoms with van der Waals surface area (Å²) >= 11 is 5.40. The van der Waals surface area contributed by atoms with Crippen molar-refractivity contribution in [2.24, 2.45) is 0 Å². The molecule has 0 fully saturated rings. The third-order valence-electron chi connectivity index (χ3n) is 1.53. The summed E-state index contributed by atoms with van der Waals surface area (Å²) in [5.41, 5.74) is 0.879. The molecule has 12 heavy (non-hydrogen) atoms. The Balaban J connectivity index is 3.31. The molecule has 1 aromatic heterocycles. The summed E-state index contributed by atoms with van der Waals surface area (Å²) < 4.78 is 0. The van der Waals surface area contributed by atoms with Crippen LogP contribution in [0.25, 0.3) is 0 Å². The standard InChI is InChI=1S/C7H7ClN2O2/c1-3-5(6(8)9)4(2-10-3)7(11)12/h2,9-10H,1H3,(H,11,12). The lowest BCUT2D eigenvalue weighted by Gasteiger charge is -1.95. The summed E-state index contributed by atoms with van der Waals surface area (Å²) in [4.78, 5) is 13.3. The van der Waals surface area contributed by atoms with Crippen molar-refractivity contribution < 1.29 is 9.90 Å². The minimum Gasteiger partial charge on any atom is -0.478 e. The van der Waals surface area contributed by atoms with E-state index in [0.717, 1.165) is 0 Å². The van der Waals surface area contributed by atoms with Crippen molar-refractivity contribution >= 4 is 22.7 Å². The Bertz CT molecular complexity index is 343. The normalized spacial score (nSPS) is 9.83. The summed E-state index contributed by atoms with van der Waals surface area (Å²) in [6, 6.07) is 0. The van der Waals surface area contributed by atoms with Crippen LogP contribution >= 0.6 is 11.6 Å². The van der Waals surface area contributed by atoms with Gasteiger partial charge in [0.2, 0.25) is 0 Å². The largest absolute Gasteiger partial charge is 0.478 e. The molecular weight excluding hydrogens is 180 g/mol. The highest BCUT2D eigenvalue weighted by Gasteiger charge is 2.16. The van der Waals surface area contributed by atoms with E-state index in [1.54, 1.807) is 6.92 Å². The van der Waals surface area contributed by atoms with Crippen LogP contribution in [0.4, 0.5) is 0 Å². The highest BCUT2D eigenvalue weighted by atomic mass is 35.5. The number of carboxylic acid groups (broad SMARTS) is 1. The summed E-state index contributed by atoms with van der Waals surface area (Å²) in [6.45, 7) is 1.67. The Kier molecular flexibility index (Phi) is 2.19. The van der Waals surface area contributed by atoms with Crippen LogP contribution in [0.15, 0.2) is 6.20 Å². The van der Waals surface area contributed by atoms with Crippen LogP contribution < -0.4 is 0 Å². The predicted octanol–water partition coefficient (Wildman–Crippen LogP) is 1.59. The quantitative estimate of drug-likeness (QED) is 0.614. The predicted molar refractivity (Wildman–Crippen MR) is 45.2 cm³/mol. The zero-order valence-electron chi connectivity index (χ0n) is 6.31. The number of nitrogens with one attached hydrogen (secondary N) is 2. The van der Waals surface area contributed by atoms with Gasteiger partial charge >= 0.3 is 5.97 Å². The van der Waals surface area contributed by atoms with Gasteiger partial charge in [0, 0.05) is 17.5 Å². The molecular formula is C7H7ClN2O2. The second-order valence-corrected chi connectivity index (χ2v) is 2.70. The summed E-state index contributed by atoms with van der Waals surface area (Å²) in [5, 5.41) is 15.5. The molecule has 0 bridgehead atoms. The molecule has 0 aromatic carbocycles. The van der Waals surface area contributed by atoms with Gasteiger partial charge < -0.3 is 10.1 Å². The second kappa shape index (κ2) is 2.98. The first-order valence-corrected chi connectivity index (χ1v) is 3.57. The first kappa shape index (κ1) is 8.80. The Labute approximate surface area is 73.7 Å². The molecule has 1 aromatic rings. The third-order valence-corrected chi connectivity index (χ3v) is 1.72. The Hall–Kier alpha value is -1.29. The van der Waals surface area contributed by atoms with Gasteiger partial charge in [-0.05, 0) is 6.92 Å². The smallest absolute Gasteiger partial charge is 0.337 e. The monoisotopic (exact) mass is 186 g/mol. The number of aromatic carboxylic acids is 1. The third kappa shape index (κ3) is 1.33. The van der Waals surface area contributed by atoms with Crippen molar-refractivity contribution in [2.45, 2.75) is 6.92 Å². The molecule has 0 amide bonds. The number of halogens is 1. The van der Waals surface area contributed by atoms with E-state index in [2.05, 4.69) is 4.98 Å². The second-order valence-electron chi connectivity index (χ2n) is 2.32. The fourth-order valence-electron chi connectivity index (χ4n) is 0.978. The van der Waals surface area contributed by atoms with Gasteiger partial charge in [0.1, 0.15) is 5.17 Å². The van der Waals surface area contributed by atoms with Crippen molar-refractivity contribution in [3.63, 3.8) is 0 Å². The molecule has 0 spiro atoms. The highest BCUT2D eigenvalue weighted by molar-refractivity contribution is 6.69. The van der Waals surface area contributed by atoms with Crippen LogP contribution in [0.3, 0.4) is 0 Å². The average molecular weight is 187 g/mol. The summed E-state index contributed by atoms with van der Waals surface area (Å²) in [6.07, 6.45) is 1.32. The van der Waals surface area contributed by atoms with Crippen LogP contribution in [0.2, 0.25) is 0 Å². The zero-order valence-corrected chi connectivity index (χ0v) is 7.07. The van der Waals surface area contributed by atoms with Crippen LogP contribution in [0.1, 0.15) is 21.6 Å². The van der Waals surface area contributed by atoms with Crippen molar-refractivity contribution in [3.05, 3.63) is 23.0 Å². The molecule has 1 rings (SSSR count). The molecule has 1 heterocycles. The van der Waals surface area contributed by atoms with Gasteiger partial charge in [0.05, 0.1) is 5.56 Å². The fraction of sp³-hybridized carbons (Fsp3) is 0.143. The number of hydrogen-bond donors (Lipinski definition) is 3. The summed E-state index contributed by atoms with van der Waals surface area (Å²) in [5.74, 6) is -1.08. The van der Waals surface area contributed by atoms with Gasteiger partial charge in [-0.2, -0.15) is 0 Å².